The van der Waals surface area contributed by atoms with Crippen LogP contribution in [-0.4, -0.2) is 36.3 Å². The number of carbonyl (C=O) groups excluding carboxylic acids is 1. The lowest BCUT2D eigenvalue weighted by Crippen LogP contribution is -2.25. The van der Waals surface area contributed by atoms with Crippen LogP contribution in [-0.2, 0) is 16.1 Å². The summed E-state index contributed by atoms with van der Waals surface area (Å²) >= 11 is 0. The fraction of sp³-hybridized carbons (Fsp3) is 0.533. The molecule has 19 heavy (non-hydrogen) atoms. The summed E-state index contributed by atoms with van der Waals surface area (Å²) in [4.78, 5) is 14.0. The SMILES string of the molecule is O=C(OCc1ccccc1)O[C@H]1C[C@@H]2CCCN2C1. The number of hydrogen-bond donors (Lipinski definition) is 0. The topological polar surface area (TPSA) is 38.8 Å². The fourth-order valence-corrected chi connectivity index (χ4v) is 3.01. The van der Waals surface area contributed by atoms with Crippen molar-refractivity contribution in [1.29, 1.82) is 0 Å². The summed E-state index contributed by atoms with van der Waals surface area (Å²) < 4.78 is 10.5. The Kier molecular flexibility index (Phi) is 3.69. The molecule has 4 heteroatoms. The van der Waals surface area contributed by atoms with Crippen molar-refractivity contribution in [3.05, 3.63) is 35.9 Å². The number of fused-ring (bicyclic) bond motifs is 1. The van der Waals surface area contributed by atoms with E-state index < -0.39 is 6.16 Å². The summed E-state index contributed by atoms with van der Waals surface area (Å²) in [6.45, 7) is 2.29. The molecule has 2 saturated heterocycles. The molecule has 0 radical (unpaired) electrons. The Bertz CT molecular complexity index is 422. The molecule has 0 aliphatic carbocycles. The molecule has 0 unspecified atom stereocenters. The maximum atomic E-state index is 11.6. The van der Waals surface area contributed by atoms with E-state index in [1.165, 1.54) is 12.8 Å². The molecule has 0 N–H and O–H groups in total. The van der Waals surface area contributed by atoms with E-state index in [2.05, 4.69) is 4.90 Å². The lowest BCUT2D eigenvalue weighted by atomic mass is 10.1. The number of ether oxygens (including phenoxy) is 2. The molecule has 2 atom stereocenters. The maximum Gasteiger partial charge on any atom is 0.508 e. The maximum absolute atomic E-state index is 11.6. The first-order valence-electron chi connectivity index (χ1n) is 6.92. The van der Waals surface area contributed by atoms with Gasteiger partial charge in [0.25, 0.3) is 0 Å². The number of hydrogen-bond acceptors (Lipinski definition) is 4. The van der Waals surface area contributed by atoms with E-state index in [-0.39, 0.29) is 12.7 Å². The van der Waals surface area contributed by atoms with E-state index in [1.54, 1.807) is 0 Å². The zero-order valence-corrected chi connectivity index (χ0v) is 11.0. The molecule has 2 fully saturated rings. The molecule has 1 aromatic rings. The van der Waals surface area contributed by atoms with Gasteiger partial charge < -0.3 is 9.47 Å². The highest BCUT2D eigenvalue weighted by Gasteiger charge is 2.37. The number of nitrogens with zero attached hydrogens (tertiary/aromatic N) is 1. The third-order valence-corrected chi connectivity index (χ3v) is 3.93. The van der Waals surface area contributed by atoms with Crippen molar-refractivity contribution in [2.75, 3.05) is 13.1 Å². The Hall–Kier alpha value is -1.55. The second kappa shape index (κ2) is 5.61. The molecule has 2 aliphatic rings. The molecular formula is C15H19NO3. The van der Waals surface area contributed by atoms with E-state index in [4.69, 9.17) is 9.47 Å². The lowest BCUT2D eigenvalue weighted by Gasteiger charge is -2.13. The van der Waals surface area contributed by atoms with Gasteiger partial charge in [-0.05, 0) is 24.9 Å². The van der Waals surface area contributed by atoms with Crippen molar-refractivity contribution < 1.29 is 14.3 Å². The van der Waals surface area contributed by atoms with Gasteiger partial charge in [-0.15, -0.1) is 0 Å². The minimum atomic E-state index is -0.546. The van der Waals surface area contributed by atoms with Crippen LogP contribution in [0.1, 0.15) is 24.8 Å². The summed E-state index contributed by atoms with van der Waals surface area (Å²) in [5.41, 5.74) is 0.978. The Morgan fingerprint density at radius 3 is 2.95 bits per heavy atom. The highest BCUT2D eigenvalue weighted by Crippen LogP contribution is 2.29. The minimum Gasteiger partial charge on any atom is -0.430 e. The van der Waals surface area contributed by atoms with Gasteiger partial charge in [0, 0.05) is 19.0 Å². The number of rotatable bonds is 3. The molecule has 1 aromatic carbocycles. The van der Waals surface area contributed by atoms with E-state index in [9.17, 15) is 4.79 Å². The van der Waals surface area contributed by atoms with Crippen LogP contribution >= 0.6 is 0 Å². The van der Waals surface area contributed by atoms with Gasteiger partial charge in [0.1, 0.15) is 12.7 Å². The molecule has 0 spiro atoms. The van der Waals surface area contributed by atoms with Gasteiger partial charge in [0.05, 0.1) is 0 Å². The Labute approximate surface area is 113 Å². The summed E-state index contributed by atoms with van der Waals surface area (Å²) in [6, 6.07) is 10.3. The second-order valence-electron chi connectivity index (χ2n) is 5.29. The summed E-state index contributed by atoms with van der Waals surface area (Å²) in [5, 5.41) is 0. The zero-order valence-electron chi connectivity index (χ0n) is 11.0. The van der Waals surface area contributed by atoms with Crippen LogP contribution in [0.15, 0.2) is 30.3 Å². The lowest BCUT2D eigenvalue weighted by molar-refractivity contribution is 0.0216. The smallest absolute Gasteiger partial charge is 0.430 e. The Morgan fingerprint density at radius 1 is 1.32 bits per heavy atom. The standard InChI is InChI=1S/C15H19NO3/c17-15(18-11-12-5-2-1-3-6-12)19-14-9-13-7-4-8-16(13)10-14/h1-3,5-6,13-14H,4,7-11H2/t13-,14-/m0/s1. The molecule has 4 nitrogen and oxygen atoms in total. The van der Waals surface area contributed by atoms with Crippen molar-refractivity contribution >= 4 is 6.16 Å². The minimum absolute atomic E-state index is 0.00794. The average molecular weight is 261 g/mol. The molecule has 0 saturated carbocycles. The van der Waals surface area contributed by atoms with E-state index in [0.717, 1.165) is 25.1 Å². The van der Waals surface area contributed by atoms with Crippen molar-refractivity contribution in [1.82, 2.24) is 4.90 Å². The van der Waals surface area contributed by atoms with Crippen LogP contribution in [0.2, 0.25) is 0 Å². The van der Waals surface area contributed by atoms with Crippen LogP contribution in [0.3, 0.4) is 0 Å². The highest BCUT2D eigenvalue weighted by atomic mass is 16.7. The van der Waals surface area contributed by atoms with E-state index in [1.807, 2.05) is 30.3 Å². The third kappa shape index (κ3) is 3.07. The van der Waals surface area contributed by atoms with Crippen LogP contribution in [0.4, 0.5) is 4.79 Å². The summed E-state index contributed by atoms with van der Waals surface area (Å²) in [7, 11) is 0. The normalized spacial score (nSPS) is 26.1. The van der Waals surface area contributed by atoms with Crippen molar-refractivity contribution in [2.45, 2.75) is 38.0 Å². The van der Waals surface area contributed by atoms with Crippen molar-refractivity contribution in [3.63, 3.8) is 0 Å². The first-order valence-corrected chi connectivity index (χ1v) is 6.92. The molecule has 3 rings (SSSR count). The van der Waals surface area contributed by atoms with Crippen molar-refractivity contribution in [2.24, 2.45) is 0 Å². The van der Waals surface area contributed by atoms with Gasteiger partial charge in [-0.1, -0.05) is 30.3 Å². The molecule has 2 aliphatic heterocycles. The first kappa shape index (κ1) is 12.5. The summed E-state index contributed by atoms with van der Waals surface area (Å²) in [5.74, 6) is 0. The van der Waals surface area contributed by atoms with Gasteiger partial charge in [-0.2, -0.15) is 0 Å². The third-order valence-electron chi connectivity index (χ3n) is 3.93. The first-order chi connectivity index (χ1) is 9.31. The van der Waals surface area contributed by atoms with Gasteiger partial charge in [0.2, 0.25) is 0 Å². The largest absolute Gasteiger partial charge is 0.508 e. The number of carbonyl (C=O) groups is 1. The molecule has 2 heterocycles. The van der Waals surface area contributed by atoms with Crippen LogP contribution < -0.4 is 0 Å². The van der Waals surface area contributed by atoms with Gasteiger partial charge in [-0.3, -0.25) is 4.90 Å². The zero-order chi connectivity index (χ0) is 13.1. The van der Waals surface area contributed by atoms with E-state index in [0.29, 0.717) is 6.04 Å². The molecular weight excluding hydrogens is 242 g/mol. The highest BCUT2D eigenvalue weighted by molar-refractivity contribution is 5.60. The predicted octanol–water partition coefficient (Wildman–Crippen LogP) is 2.58. The van der Waals surface area contributed by atoms with Crippen LogP contribution in [0, 0.1) is 0 Å². The van der Waals surface area contributed by atoms with Crippen LogP contribution in [0.5, 0.6) is 0 Å². The van der Waals surface area contributed by atoms with E-state index >= 15 is 0 Å². The number of benzene rings is 1. The fourth-order valence-electron chi connectivity index (χ4n) is 3.01. The quantitative estimate of drug-likeness (QED) is 0.784. The molecule has 0 amide bonds. The van der Waals surface area contributed by atoms with Crippen LogP contribution in [0.25, 0.3) is 0 Å². The molecule has 0 aromatic heterocycles. The van der Waals surface area contributed by atoms with Gasteiger partial charge in [-0.25, -0.2) is 4.79 Å². The predicted molar refractivity (Wildman–Crippen MR) is 70.7 cm³/mol. The molecule has 0 bridgehead atoms. The van der Waals surface area contributed by atoms with Crippen molar-refractivity contribution in [3.8, 4) is 0 Å². The second-order valence-corrected chi connectivity index (χ2v) is 5.29. The Morgan fingerprint density at radius 2 is 2.16 bits per heavy atom. The Balaban J connectivity index is 1.42. The monoisotopic (exact) mass is 261 g/mol. The average Bonchev–Trinajstić information content (AvgIpc) is 2.98. The van der Waals surface area contributed by atoms with Gasteiger partial charge in [0.15, 0.2) is 0 Å². The summed E-state index contributed by atoms with van der Waals surface area (Å²) in [6.07, 6.45) is 2.93. The van der Waals surface area contributed by atoms with Gasteiger partial charge >= 0.3 is 6.16 Å². The molecule has 102 valence electrons.